The molecule has 44 heavy (non-hydrogen) atoms. The van der Waals surface area contributed by atoms with Crippen LogP contribution in [0, 0.1) is 10.8 Å². The summed E-state index contributed by atoms with van der Waals surface area (Å²) in [5.74, 6) is -1.75. The van der Waals surface area contributed by atoms with Crippen LogP contribution >= 0.6 is 0 Å². The van der Waals surface area contributed by atoms with E-state index in [1.165, 1.54) is 0 Å². The highest BCUT2D eigenvalue weighted by Crippen LogP contribution is 2.33. The van der Waals surface area contributed by atoms with Gasteiger partial charge in [0.2, 0.25) is 5.91 Å². The highest BCUT2D eigenvalue weighted by molar-refractivity contribution is 5.90. The van der Waals surface area contributed by atoms with Gasteiger partial charge in [-0.2, -0.15) is 0 Å². The maximum atomic E-state index is 12.9. The van der Waals surface area contributed by atoms with Gasteiger partial charge in [-0.25, -0.2) is 4.79 Å². The van der Waals surface area contributed by atoms with Crippen molar-refractivity contribution in [2.75, 3.05) is 65.9 Å². The molecule has 0 aromatic rings. The van der Waals surface area contributed by atoms with Gasteiger partial charge in [-0.1, -0.05) is 34.6 Å². The van der Waals surface area contributed by atoms with Gasteiger partial charge in [-0.15, -0.1) is 0 Å². The smallest absolute Gasteiger partial charge is 0.326 e. The highest BCUT2D eigenvalue weighted by atomic mass is 16.5. The number of carboxylic acid groups (broad SMARTS) is 1. The van der Waals surface area contributed by atoms with Gasteiger partial charge in [-0.05, 0) is 52.9 Å². The number of rotatable bonds is 26. The van der Waals surface area contributed by atoms with E-state index >= 15 is 0 Å². The van der Waals surface area contributed by atoms with Crippen molar-refractivity contribution in [3.8, 4) is 0 Å². The molecule has 0 bridgehead atoms. The minimum absolute atomic E-state index is 0.00223. The Hall–Kier alpha value is -1.96. The number of ether oxygens (including phenoxy) is 4. The number of hydrogen-bond acceptors (Lipinski definition) is 10. The molecule has 0 saturated heterocycles. The minimum Gasteiger partial charge on any atom is -0.480 e. The van der Waals surface area contributed by atoms with Crippen molar-refractivity contribution >= 4 is 23.4 Å². The number of carbonyl (C=O) groups is 4. The van der Waals surface area contributed by atoms with Crippen LogP contribution in [0.25, 0.3) is 0 Å². The Balaban J connectivity index is 4.31. The molecule has 0 radical (unpaired) electrons. The van der Waals surface area contributed by atoms with Gasteiger partial charge in [0.05, 0.1) is 50.7 Å². The zero-order chi connectivity index (χ0) is 34.0. The average molecular weight is 632 g/mol. The van der Waals surface area contributed by atoms with Crippen LogP contribution in [-0.2, 0) is 38.1 Å². The second-order valence-corrected chi connectivity index (χ2v) is 13.9. The first-order chi connectivity index (χ1) is 20.2. The maximum absolute atomic E-state index is 12.9. The van der Waals surface area contributed by atoms with Crippen molar-refractivity contribution in [2.45, 2.75) is 106 Å². The number of amides is 1. The van der Waals surface area contributed by atoms with Crippen molar-refractivity contribution in [1.82, 2.24) is 16.0 Å². The molecular formula is C32H61N3O9. The van der Waals surface area contributed by atoms with Gasteiger partial charge in [0.25, 0.3) is 0 Å². The molecule has 0 aliphatic heterocycles. The summed E-state index contributed by atoms with van der Waals surface area (Å²) in [7, 11) is 0. The number of nitrogens with one attached hydrogen (secondary N) is 3. The molecule has 0 spiro atoms. The molecule has 0 fully saturated rings. The topological polar surface area (TPSA) is 162 Å². The summed E-state index contributed by atoms with van der Waals surface area (Å²) in [6, 6.07) is -1.15. The van der Waals surface area contributed by atoms with E-state index in [2.05, 4.69) is 16.0 Å². The predicted molar refractivity (Wildman–Crippen MR) is 170 cm³/mol. The van der Waals surface area contributed by atoms with Crippen LogP contribution in [-0.4, -0.2) is 112 Å². The average Bonchev–Trinajstić information content (AvgIpc) is 2.89. The summed E-state index contributed by atoms with van der Waals surface area (Å²) >= 11 is 0. The number of carboxylic acids is 1. The summed E-state index contributed by atoms with van der Waals surface area (Å²) in [5, 5.41) is 18.6. The Morgan fingerprint density at radius 1 is 0.682 bits per heavy atom. The number of ketones is 2. The highest BCUT2D eigenvalue weighted by Gasteiger charge is 2.35. The van der Waals surface area contributed by atoms with E-state index in [0.717, 1.165) is 0 Å². The van der Waals surface area contributed by atoms with Crippen molar-refractivity contribution in [3.63, 3.8) is 0 Å². The number of Topliss-reactive ketones (excluding diaryl/α,β-unsaturated/α-hetero) is 2. The van der Waals surface area contributed by atoms with E-state index in [1.807, 2.05) is 27.7 Å². The van der Waals surface area contributed by atoms with E-state index < -0.39 is 28.5 Å². The SMILES string of the molecule is CCOCCOCCNC(C)(C)C(=O)COCCOCCNC(C)(C)C(=O)CCC(NC(=O)C(C)(C)CC(C)(C)C)C(=O)O. The molecular weight excluding hydrogens is 570 g/mol. The van der Waals surface area contributed by atoms with Crippen LogP contribution in [0.2, 0.25) is 0 Å². The van der Waals surface area contributed by atoms with Crippen molar-refractivity contribution in [1.29, 1.82) is 0 Å². The molecule has 0 aliphatic rings. The molecule has 0 aromatic heterocycles. The molecule has 1 amide bonds. The lowest BCUT2D eigenvalue weighted by Gasteiger charge is -2.32. The Morgan fingerprint density at radius 2 is 1.16 bits per heavy atom. The van der Waals surface area contributed by atoms with Crippen molar-refractivity contribution in [3.05, 3.63) is 0 Å². The van der Waals surface area contributed by atoms with Crippen LogP contribution < -0.4 is 16.0 Å². The third-order valence-corrected chi connectivity index (χ3v) is 7.05. The van der Waals surface area contributed by atoms with E-state index in [9.17, 15) is 24.3 Å². The molecule has 0 rings (SSSR count). The Labute approximate surface area is 265 Å². The van der Waals surface area contributed by atoms with Crippen LogP contribution in [0.4, 0.5) is 0 Å². The first-order valence-corrected chi connectivity index (χ1v) is 15.7. The van der Waals surface area contributed by atoms with E-state index in [0.29, 0.717) is 52.5 Å². The lowest BCUT2D eigenvalue weighted by Crippen LogP contribution is -2.50. The summed E-state index contributed by atoms with van der Waals surface area (Å²) in [4.78, 5) is 50.0. The van der Waals surface area contributed by atoms with Crippen LogP contribution in [0.3, 0.4) is 0 Å². The fourth-order valence-electron chi connectivity index (χ4n) is 4.60. The summed E-state index contributed by atoms with van der Waals surface area (Å²) in [6.45, 7) is 22.6. The third-order valence-electron chi connectivity index (χ3n) is 7.05. The third kappa shape index (κ3) is 18.8. The summed E-state index contributed by atoms with van der Waals surface area (Å²) < 4.78 is 21.7. The van der Waals surface area contributed by atoms with Crippen LogP contribution in [0.15, 0.2) is 0 Å². The molecule has 0 aliphatic carbocycles. The lowest BCUT2D eigenvalue weighted by molar-refractivity contribution is -0.144. The lowest BCUT2D eigenvalue weighted by atomic mass is 9.75. The van der Waals surface area contributed by atoms with Crippen LogP contribution in [0.5, 0.6) is 0 Å². The second-order valence-electron chi connectivity index (χ2n) is 13.9. The first-order valence-electron chi connectivity index (χ1n) is 15.7. The molecule has 12 heteroatoms. The summed E-state index contributed by atoms with van der Waals surface area (Å²) in [5.41, 5.74) is -2.50. The van der Waals surface area contributed by atoms with Gasteiger partial charge < -0.3 is 40.0 Å². The Morgan fingerprint density at radius 3 is 1.64 bits per heavy atom. The first kappa shape index (κ1) is 42.0. The monoisotopic (exact) mass is 631 g/mol. The molecule has 0 aromatic carbocycles. The van der Waals surface area contributed by atoms with Crippen molar-refractivity contribution in [2.24, 2.45) is 10.8 Å². The quantitative estimate of drug-likeness (QED) is 0.104. The fourth-order valence-corrected chi connectivity index (χ4v) is 4.60. The summed E-state index contributed by atoms with van der Waals surface area (Å²) in [6.07, 6.45) is 0.576. The number of carbonyl (C=O) groups excluding carboxylic acids is 3. The largest absolute Gasteiger partial charge is 0.480 e. The zero-order valence-electron chi connectivity index (χ0n) is 29.0. The molecule has 12 nitrogen and oxygen atoms in total. The molecule has 0 saturated carbocycles. The van der Waals surface area contributed by atoms with Gasteiger partial charge in [-0.3, -0.25) is 14.4 Å². The zero-order valence-corrected chi connectivity index (χ0v) is 29.0. The van der Waals surface area contributed by atoms with Gasteiger partial charge in [0.15, 0.2) is 11.6 Å². The van der Waals surface area contributed by atoms with E-state index in [-0.39, 0.29) is 55.6 Å². The molecule has 258 valence electrons. The van der Waals surface area contributed by atoms with Gasteiger partial charge in [0, 0.05) is 31.5 Å². The van der Waals surface area contributed by atoms with E-state index in [4.69, 9.17) is 18.9 Å². The number of aliphatic carboxylic acids is 1. The second kappa shape index (κ2) is 20.2. The maximum Gasteiger partial charge on any atom is 0.326 e. The van der Waals surface area contributed by atoms with Crippen LogP contribution in [0.1, 0.15) is 88.5 Å². The predicted octanol–water partition coefficient (Wildman–Crippen LogP) is 2.76. The molecule has 4 N–H and O–H groups in total. The normalized spacial score (nSPS) is 13.5. The minimum atomic E-state index is -1.17. The molecule has 1 unspecified atom stereocenters. The van der Waals surface area contributed by atoms with Gasteiger partial charge in [0.1, 0.15) is 12.6 Å². The van der Waals surface area contributed by atoms with Crippen molar-refractivity contribution < 1.29 is 43.2 Å². The van der Waals surface area contributed by atoms with Gasteiger partial charge >= 0.3 is 5.97 Å². The molecule has 1 atom stereocenters. The number of hydrogen-bond donors (Lipinski definition) is 4. The Kier molecular flexibility index (Phi) is 19.3. The van der Waals surface area contributed by atoms with E-state index in [1.54, 1.807) is 41.5 Å². The fraction of sp³-hybridized carbons (Fsp3) is 0.875. The molecule has 0 heterocycles. The Bertz CT molecular complexity index is 883. The standard InChI is InChI=1S/C32H61N3O9/c1-11-41-18-19-42-17-15-34-32(9,10)26(37)22-44-21-20-43-16-14-33-31(7,8)25(36)13-12-24(27(38)39)35-28(40)30(5,6)23-29(2,3)4/h24,33-34H,11-23H2,1-10H3,(H,35,40)(H,38,39).